The van der Waals surface area contributed by atoms with Crippen molar-refractivity contribution in [2.24, 2.45) is 0 Å². The van der Waals surface area contributed by atoms with Crippen LogP contribution in [0.5, 0.6) is 17.2 Å². The Balaban J connectivity index is 1.68. The van der Waals surface area contributed by atoms with Gasteiger partial charge in [0.15, 0.2) is 11.5 Å². The molecule has 172 valence electrons. The van der Waals surface area contributed by atoms with Gasteiger partial charge in [0.05, 0.1) is 18.2 Å². The summed E-state index contributed by atoms with van der Waals surface area (Å²) in [5.41, 5.74) is 1.38. The van der Waals surface area contributed by atoms with E-state index in [0.717, 1.165) is 0 Å². The molecule has 1 fully saturated rings. The Morgan fingerprint density at radius 1 is 1.06 bits per heavy atom. The van der Waals surface area contributed by atoms with Crippen LogP contribution in [-0.2, 0) is 9.59 Å². The Bertz CT molecular complexity index is 1320. The van der Waals surface area contributed by atoms with Gasteiger partial charge in [-0.2, -0.15) is 0 Å². The van der Waals surface area contributed by atoms with E-state index >= 15 is 0 Å². The van der Waals surface area contributed by atoms with E-state index in [1.807, 2.05) is 6.92 Å². The maximum atomic E-state index is 13.3. The molecule has 2 heterocycles. The lowest BCUT2D eigenvalue weighted by Crippen LogP contribution is -2.29. The van der Waals surface area contributed by atoms with Crippen LogP contribution in [0.3, 0.4) is 0 Å². The molecular weight excluding hydrogens is 458 g/mol. The predicted octanol–water partition coefficient (Wildman–Crippen LogP) is 5.09. The van der Waals surface area contributed by atoms with Crippen molar-refractivity contribution >= 4 is 34.7 Å². The molecule has 1 saturated heterocycles. The van der Waals surface area contributed by atoms with Gasteiger partial charge in [-0.3, -0.25) is 14.5 Å². The van der Waals surface area contributed by atoms with Gasteiger partial charge in [-0.05, 0) is 61.0 Å². The fourth-order valence-corrected chi connectivity index (χ4v) is 4.34. The molecule has 1 unspecified atom stereocenters. The lowest BCUT2D eigenvalue weighted by Gasteiger charge is -2.25. The molecule has 1 N–H and O–H groups in total. The van der Waals surface area contributed by atoms with Gasteiger partial charge in [0, 0.05) is 16.3 Å². The predicted molar refractivity (Wildman–Crippen MR) is 126 cm³/mol. The zero-order valence-corrected chi connectivity index (χ0v) is 18.9. The van der Waals surface area contributed by atoms with E-state index in [4.69, 9.17) is 25.8 Å². The summed E-state index contributed by atoms with van der Waals surface area (Å²) >= 11 is 6.18. The number of ketones is 1. The molecule has 0 radical (unpaired) electrons. The van der Waals surface area contributed by atoms with E-state index in [9.17, 15) is 14.7 Å². The van der Waals surface area contributed by atoms with Crippen LogP contribution in [-0.4, -0.2) is 30.2 Å². The van der Waals surface area contributed by atoms with Crippen molar-refractivity contribution in [1.29, 1.82) is 0 Å². The Morgan fingerprint density at radius 2 is 1.82 bits per heavy atom. The summed E-state index contributed by atoms with van der Waals surface area (Å²) in [4.78, 5) is 27.8. The lowest BCUT2D eigenvalue weighted by atomic mass is 9.95. The minimum absolute atomic E-state index is 0.0343. The summed E-state index contributed by atoms with van der Waals surface area (Å²) in [6.07, 6.45) is 0. The van der Waals surface area contributed by atoms with Crippen molar-refractivity contribution in [2.45, 2.75) is 13.0 Å². The lowest BCUT2D eigenvalue weighted by molar-refractivity contribution is -0.132. The van der Waals surface area contributed by atoms with Crippen LogP contribution >= 0.6 is 11.6 Å². The molecule has 0 aliphatic carbocycles. The van der Waals surface area contributed by atoms with E-state index in [1.54, 1.807) is 66.7 Å². The normalized spacial score (nSPS) is 18.4. The summed E-state index contributed by atoms with van der Waals surface area (Å²) in [6, 6.07) is 17.7. The highest BCUT2D eigenvalue weighted by Crippen LogP contribution is 2.44. The van der Waals surface area contributed by atoms with Crippen LogP contribution < -0.4 is 19.1 Å². The molecule has 1 atom stereocenters. The first-order valence-electron chi connectivity index (χ1n) is 10.7. The average Bonchev–Trinajstić information content (AvgIpc) is 3.41. The number of aliphatic hydroxyl groups is 1. The van der Waals surface area contributed by atoms with E-state index < -0.39 is 17.7 Å². The van der Waals surface area contributed by atoms with Crippen LogP contribution in [0.25, 0.3) is 5.76 Å². The SMILES string of the molecule is CCOc1ccc(C2/C(=C(/O)c3ccc4c(c3)OCO4)C(=O)C(=O)N2c2cccc(Cl)c2)cc1. The Labute approximate surface area is 200 Å². The van der Waals surface area contributed by atoms with Crippen LogP contribution in [0.15, 0.2) is 72.3 Å². The number of amides is 1. The third-order valence-electron chi connectivity index (χ3n) is 5.68. The molecule has 0 aromatic heterocycles. The standard InChI is InChI=1S/C26H20ClNO6/c1-2-32-19-9-6-15(7-10-19)23-22(24(29)16-8-11-20-21(12-16)34-14-33-20)25(30)26(31)28(23)18-5-3-4-17(27)13-18/h3-13,23,29H,2,14H2,1H3/b24-22-. The second kappa shape index (κ2) is 8.76. The molecule has 3 aromatic carbocycles. The van der Waals surface area contributed by atoms with E-state index in [1.165, 1.54) is 4.90 Å². The van der Waals surface area contributed by atoms with Crippen molar-refractivity contribution in [3.05, 3.63) is 88.5 Å². The third-order valence-corrected chi connectivity index (χ3v) is 5.92. The van der Waals surface area contributed by atoms with Crippen molar-refractivity contribution in [2.75, 3.05) is 18.3 Å². The summed E-state index contributed by atoms with van der Waals surface area (Å²) in [5.74, 6) is -0.219. The van der Waals surface area contributed by atoms with Gasteiger partial charge in [0.25, 0.3) is 11.7 Å². The molecule has 7 nitrogen and oxygen atoms in total. The maximum Gasteiger partial charge on any atom is 0.300 e. The van der Waals surface area contributed by atoms with E-state index in [-0.39, 0.29) is 18.1 Å². The van der Waals surface area contributed by atoms with Crippen LogP contribution in [0, 0.1) is 0 Å². The molecular formula is C26H20ClNO6. The number of halogens is 1. The largest absolute Gasteiger partial charge is 0.507 e. The number of fused-ring (bicyclic) bond motifs is 1. The number of hydrogen-bond donors (Lipinski definition) is 1. The van der Waals surface area contributed by atoms with Crippen LogP contribution in [0.4, 0.5) is 5.69 Å². The van der Waals surface area contributed by atoms with Crippen molar-refractivity contribution < 1.29 is 28.9 Å². The number of carbonyl (C=O) groups is 2. The summed E-state index contributed by atoms with van der Waals surface area (Å²) in [6.45, 7) is 2.46. The zero-order valence-electron chi connectivity index (χ0n) is 18.2. The number of nitrogens with zero attached hydrogens (tertiary/aromatic N) is 1. The molecule has 5 rings (SSSR count). The van der Waals surface area contributed by atoms with Crippen LogP contribution in [0.2, 0.25) is 5.02 Å². The van der Waals surface area contributed by atoms with Crippen molar-refractivity contribution in [1.82, 2.24) is 0 Å². The van der Waals surface area contributed by atoms with Gasteiger partial charge in [-0.15, -0.1) is 0 Å². The minimum atomic E-state index is -0.875. The van der Waals surface area contributed by atoms with Crippen LogP contribution in [0.1, 0.15) is 24.1 Å². The number of Topliss-reactive ketones (excluding diaryl/α,β-unsaturated/α-hetero) is 1. The molecule has 8 heteroatoms. The number of carbonyl (C=O) groups excluding carboxylic acids is 2. The molecule has 3 aromatic rings. The van der Waals surface area contributed by atoms with Gasteiger partial charge in [0.1, 0.15) is 11.5 Å². The quantitative estimate of drug-likeness (QED) is 0.313. The van der Waals surface area contributed by atoms with Gasteiger partial charge in [-0.1, -0.05) is 29.8 Å². The number of rotatable bonds is 5. The van der Waals surface area contributed by atoms with Gasteiger partial charge < -0.3 is 19.3 Å². The second-order valence-electron chi connectivity index (χ2n) is 7.72. The maximum absolute atomic E-state index is 13.3. The van der Waals surface area contributed by atoms with Crippen molar-refractivity contribution in [3.8, 4) is 17.2 Å². The van der Waals surface area contributed by atoms with E-state index in [0.29, 0.717) is 45.7 Å². The minimum Gasteiger partial charge on any atom is -0.507 e. The summed E-state index contributed by atoms with van der Waals surface area (Å²) in [7, 11) is 0. The number of benzene rings is 3. The Morgan fingerprint density at radius 3 is 2.56 bits per heavy atom. The highest BCUT2D eigenvalue weighted by Gasteiger charge is 2.47. The zero-order chi connectivity index (χ0) is 23.8. The fraction of sp³-hybridized carbons (Fsp3) is 0.154. The fourth-order valence-electron chi connectivity index (χ4n) is 4.15. The van der Waals surface area contributed by atoms with Gasteiger partial charge in [-0.25, -0.2) is 0 Å². The molecule has 1 amide bonds. The van der Waals surface area contributed by atoms with Gasteiger partial charge >= 0.3 is 0 Å². The first-order chi connectivity index (χ1) is 16.5. The molecule has 0 spiro atoms. The van der Waals surface area contributed by atoms with Gasteiger partial charge in [0.2, 0.25) is 6.79 Å². The molecule has 0 bridgehead atoms. The summed E-state index contributed by atoms with van der Waals surface area (Å²) < 4.78 is 16.3. The Hall–Kier alpha value is -3.97. The highest BCUT2D eigenvalue weighted by atomic mass is 35.5. The van der Waals surface area contributed by atoms with Crippen molar-refractivity contribution in [3.63, 3.8) is 0 Å². The number of anilines is 1. The number of hydrogen-bond acceptors (Lipinski definition) is 6. The molecule has 0 saturated carbocycles. The molecule has 2 aliphatic rings. The summed E-state index contributed by atoms with van der Waals surface area (Å²) in [5, 5.41) is 11.7. The molecule has 2 aliphatic heterocycles. The van der Waals surface area contributed by atoms with E-state index in [2.05, 4.69) is 0 Å². The third kappa shape index (κ3) is 3.74. The smallest absolute Gasteiger partial charge is 0.300 e. The molecule has 34 heavy (non-hydrogen) atoms. The highest BCUT2D eigenvalue weighted by molar-refractivity contribution is 6.51. The first kappa shape index (κ1) is 21.9. The average molecular weight is 478 g/mol. The number of ether oxygens (including phenoxy) is 3. The Kier molecular flexibility index (Phi) is 5.63. The topological polar surface area (TPSA) is 85.3 Å². The number of aliphatic hydroxyl groups excluding tert-OH is 1. The monoisotopic (exact) mass is 477 g/mol. The second-order valence-corrected chi connectivity index (χ2v) is 8.16. The first-order valence-corrected chi connectivity index (χ1v) is 11.0.